The number of rotatable bonds is 2. The molecule has 5 nitrogen and oxygen atoms in total. The topological polar surface area (TPSA) is 93.3 Å². The quantitative estimate of drug-likeness (QED) is 0.561. The molecule has 0 saturated carbocycles. The number of benzene rings is 2. The zero-order valence-electron chi connectivity index (χ0n) is 10.1. The van der Waals surface area contributed by atoms with E-state index in [1.165, 1.54) is 17.4 Å². The summed E-state index contributed by atoms with van der Waals surface area (Å²) in [5, 5.41) is 0.677. The lowest BCUT2D eigenvalue weighted by Gasteiger charge is -1.96. The summed E-state index contributed by atoms with van der Waals surface area (Å²) in [6.45, 7) is 0. The average Bonchev–Trinajstić information content (AvgIpc) is 2.81. The molecular formula is C13H10N2O3S2. The fourth-order valence-electron chi connectivity index (χ4n) is 1.88. The molecule has 0 atom stereocenters. The number of nitrogens with zero attached hydrogens (tertiary/aromatic N) is 1. The molecule has 102 valence electrons. The summed E-state index contributed by atoms with van der Waals surface area (Å²) >= 11 is 1.22. The van der Waals surface area contributed by atoms with Crippen LogP contribution >= 0.6 is 11.3 Å². The highest BCUT2D eigenvalue weighted by atomic mass is 32.2. The first-order valence-corrected chi connectivity index (χ1v) is 7.94. The van der Waals surface area contributed by atoms with Crippen molar-refractivity contribution in [1.29, 1.82) is 0 Å². The fraction of sp³-hybridized carbons (Fsp3) is 0. The molecule has 7 heteroatoms. The van der Waals surface area contributed by atoms with Gasteiger partial charge in [-0.3, -0.25) is 4.55 Å². The SMILES string of the molecule is Nc1ccc(-c2nc3cccc(S(=O)(=O)O)c3s2)cc1. The van der Waals surface area contributed by atoms with Crippen LogP contribution in [0.4, 0.5) is 5.69 Å². The van der Waals surface area contributed by atoms with Crippen molar-refractivity contribution in [3.63, 3.8) is 0 Å². The van der Waals surface area contributed by atoms with Gasteiger partial charge in [0.15, 0.2) is 0 Å². The molecule has 3 aromatic rings. The summed E-state index contributed by atoms with van der Waals surface area (Å²) in [7, 11) is -4.25. The minimum Gasteiger partial charge on any atom is -0.399 e. The van der Waals surface area contributed by atoms with Crippen molar-refractivity contribution in [2.24, 2.45) is 0 Å². The van der Waals surface area contributed by atoms with Crippen molar-refractivity contribution in [2.75, 3.05) is 5.73 Å². The summed E-state index contributed by atoms with van der Waals surface area (Å²) < 4.78 is 32.4. The lowest BCUT2D eigenvalue weighted by Crippen LogP contribution is -1.97. The Kier molecular flexibility index (Phi) is 2.97. The second kappa shape index (κ2) is 4.55. The molecule has 0 unspecified atom stereocenters. The smallest absolute Gasteiger partial charge is 0.296 e. The van der Waals surface area contributed by atoms with Crippen LogP contribution in [0.2, 0.25) is 0 Å². The number of hydrogen-bond donors (Lipinski definition) is 2. The molecule has 1 heterocycles. The van der Waals surface area contributed by atoms with Gasteiger partial charge in [0.1, 0.15) is 9.90 Å². The Bertz CT molecular complexity index is 884. The molecular weight excluding hydrogens is 296 g/mol. The van der Waals surface area contributed by atoms with Crippen LogP contribution in [0.5, 0.6) is 0 Å². The molecule has 1 aromatic heterocycles. The molecule has 20 heavy (non-hydrogen) atoms. The maximum absolute atomic E-state index is 11.4. The van der Waals surface area contributed by atoms with E-state index in [0.717, 1.165) is 5.56 Å². The normalized spacial score (nSPS) is 11.8. The molecule has 0 saturated heterocycles. The third-order valence-corrected chi connectivity index (χ3v) is 4.99. The van der Waals surface area contributed by atoms with E-state index in [-0.39, 0.29) is 4.90 Å². The standard InChI is InChI=1S/C13H10N2O3S2/c14-9-6-4-8(5-7-9)13-15-10-2-1-3-11(12(10)19-13)20(16,17)18/h1-7H,14H2,(H,16,17,18). The number of nitrogens with two attached hydrogens (primary N) is 1. The Labute approximate surface area is 119 Å². The van der Waals surface area contributed by atoms with Crippen molar-refractivity contribution in [3.05, 3.63) is 42.5 Å². The summed E-state index contributed by atoms with van der Waals surface area (Å²) in [6, 6.07) is 11.8. The van der Waals surface area contributed by atoms with Crippen LogP contribution in [0.15, 0.2) is 47.4 Å². The van der Waals surface area contributed by atoms with Gasteiger partial charge in [0, 0.05) is 11.3 Å². The predicted octanol–water partition coefficient (Wildman–Crippen LogP) is 2.79. The number of aromatic nitrogens is 1. The second-order valence-electron chi connectivity index (χ2n) is 4.22. The lowest BCUT2D eigenvalue weighted by molar-refractivity contribution is 0.484. The van der Waals surface area contributed by atoms with Gasteiger partial charge in [0.05, 0.1) is 10.2 Å². The Morgan fingerprint density at radius 2 is 1.80 bits per heavy atom. The number of nitrogen functional groups attached to an aromatic ring is 1. The summed E-state index contributed by atoms with van der Waals surface area (Å²) in [6.07, 6.45) is 0. The van der Waals surface area contributed by atoms with E-state index in [2.05, 4.69) is 4.98 Å². The first-order chi connectivity index (χ1) is 9.45. The molecule has 0 radical (unpaired) electrons. The maximum Gasteiger partial charge on any atom is 0.296 e. The maximum atomic E-state index is 11.4. The van der Waals surface area contributed by atoms with E-state index in [1.807, 2.05) is 12.1 Å². The van der Waals surface area contributed by atoms with Gasteiger partial charge in [-0.1, -0.05) is 6.07 Å². The average molecular weight is 306 g/mol. The highest BCUT2D eigenvalue weighted by Crippen LogP contribution is 2.34. The fourth-order valence-corrected chi connectivity index (χ4v) is 3.88. The van der Waals surface area contributed by atoms with Crippen LogP contribution in [0.3, 0.4) is 0 Å². The Morgan fingerprint density at radius 3 is 2.45 bits per heavy atom. The van der Waals surface area contributed by atoms with Crippen LogP contribution in [-0.2, 0) is 10.1 Å². The van der Waals surface area contributed by atoms with Crippen molar-refractivity contribution in [1.82, 2.24) is 4.98 Å². The van der Waals surface area contributed by atoms with Crippen LogP contribution in [0.25, 0.3) is 20.8 Å². The van der Waals surface area contributed by atoms with Gasteiger partial charge in [-0.25, -0.2) is 4.98 Å². The van der Waals surface area contributed by atoms with E-state index in [1.54, 1.807) is 24.3 Å². The van der Waals surface area contributed by atoms with E-state index in [0.29, 0.717) is 20.9 Å². The number of anilines is 1. The Balaban J connectivity index is 2.23. The van der Waals surface area contributed by atoms with Crippen molar-refractivity contribution < 1.29 is 13.0 Å². The number of hydrogen-bond acceptors (Lipinski definition) is 5. The third-order valence-electron chi connectivity index (χ3n) is 2.81. The van der Waals surface area contributed by atoms with E-state index in [4.69, 9.17) is 5.73 Å². The Morgan fingerprint density at radius 1 is 1.10 bits per heavy atom. The first-order valence-electron chi connectivity index (χ1n) is 5.68. The van der Waals surface area contributed by atoms with E-state index < -0.39 is 10.1 Å². The minimum atomic E-state index is -4.25. The molecule has 0 aliphatic heterocycles. The molecule has 3 N–H and O–H groups in total. The number of thiazole rings is 1. The van der Waals surface area contributed by atoms with Crippen LogP contribution in [-0.4, -0.2) is 18.0 Å². The van der Waals surface area contributed by atoms with Crippen LogP contribution < -0.4 is 5.73 Å². The number of fused-ring (bicyclic) bond motifs is 1. The minimum absolute atomic E-state index is 0.116. The second-order valence-corrected chi connectivity index (χ2v) is 6.61. The van der Waals surface area contributed by atoms with Gasteiger partial charge in [0.25, 0.3) is 10.1 Å². The van der Waals surface area contributed by atoms with Gasteiger partial charge < -0.3 is 5.73 Å². The molecule has 0 fully saturated rings. The lowest BCUT2D eigenvalue weighted by atomic mass is 10.2. The van der Waals surface area contributed by atoms with Gasteiger partial charge in [-0.2, -0.15) is 8.42 Å². The van der Waals surface area contributed by atoms with Crippen molar-refractivity contribution >= 4 is 37.4 Å². The monoisotopic (exact) mass is 306 g/mol. The van der Waals surface area contributed by atoms with Gasteiger partial charge in [0.2, 0.25) is 0 Å². The summed E-state index contributed by atoms with van der Waals surface area (Å²) in [4.78, 5) is 4.27. The van der Waals surface area contributed by atoms with E-state index in [9.17, 15) is 13.0 Å². The zero-order chi connectivity index (χ0) is 14.3. The molecule has 0 amide bonds. The highest BCUT2D eigenvalue weighted by molar-refractivity contribution is 7.86. The molecule has 2 aromatic carbocycles. The van der Waals surface area contributed by atoms with Gasteiger partial charge in [-0.15, -0.1) is 11.3 Å². The Hall–Kier alpha value is -1.96. The molecule has 0 spiro atoms. The largest absolute Gasteiger partial charge is 0.399 e. The predicted molar refractivity (Wildman–Crippen MR) is 79.3 cm³/mol. The summed E-state index contributed by atoms with van der Waals surface area (Å²) in [5.74, 6) is 0. The van der Waals surface area contributed by atoms with Crippen molar-refractivity contribution in [2.45, 2.75) is 4.90 Å². The van der Waals surface area contributed by atoms with Crippen LogP contribution in [0, 0.1) is 0 Å². The van der Waals surface area contributed by atoms with Crippen molar-refractivity contribution in [3.8, 4) is 10.6 Å². The van der Waals surface area contributed by atoms with Gasteiger partial charge in [-0.05, 0) is 36.4 Å². The molecule has 0 aliphatic carbocycles. The highest BCUT2D eigenvalue weighted by Gasteiger charge is 2.17. The van der Waals surface area contributed by atoms with E-state index >= 15 is 0 Å². The first kappa shape index (κ1) is 13.0. The molecule has 0 bridgehead atoms. The zero-order valence-corrected chi connectivity index (χ0v) is 11.8. The molecule has 3 rings (SSSR count). The summed E-state index contributed by atoms with van der Waals surface area (Å²) in [5.41, 5.74) is 7.67. The third kappa shape index (κ3) is 2.26. The van der Waals surface area contributed by atoms with Crippen LogP contribution in [0.1, 0.15) is 0 Å². The van der Waals surface area contributed by atoms with Gasteiger partial charge >= 0.3 is 0 Å². The molecule has 0 aliphatic rings.